The second-order valence-electron chi connectivity index (χ2n) is 4.51. The Morgan fingerprint density at radius 2 is 2.10 bits per heavy atom. The van der Waals surface area contributed by atoms with Crippen molar-refractivity contribution in [2.45, 2.75) is 18.2 Å². The molecule has 0 aromatic carbocycles. The van der Waals surface area contributed by atoms with E-state index in [4.69, 9.17) is 0 Å². The monoisotopic (exact) mass is 309 g/mol. The number of rotatable bonds is 7. The van der Waals surface area contributed by atoms with Gasteiger partial charge in [-0.05, 0) is 13.0 Å². The molecule has 0 aliphatic rings. The molecule has 2 rings (SSSR count). The van der Waals surface area contributed by atoms with E-state index in [0.29, 0.717) is 25.3 Å². The first-order valence-electron chi connectivity index (χ1n) is 6.68. The van der Waals surface area contributed by atoms with Crippen LogP contribution in [0.1, 0.15) is 12.7 Å². The number of aryl methyl sites for hydroxylation is 1. The predicted octanol–water partition coefficient (Wildman–Crippen LogP) is 0.768. The second kappa shape index (κ2) is 6.68. The molecule has 0 amide bonds. The molecule has 0 aliphatic heterocycles. The normalized spacial score (nSPS) is 11.5. The molecule has 7 nitrogen and oxygen atoms in total. The van der Waals surface area contributed by atoms with E-state index in [0.717, 1.165) is 5.82 Å². The van der Waals surface area contributed by atoms with Gasteiger partial charge in [-0.2, -0.15) is 0 Å². The fourth-order valence-corrected chi connectivity index (χ4v) is 2.92. The lowest BCUT2D eigenvalue weighted by Crippen LogP contribution is -2.26. The van der Waals surface area contributed by atoms with E-state index in [9.17, 15) is 8.42 Å². The van der Waals surface area contributed by atoms with Gasteiger partial charge in [-0.1, -0.05) is 0 Å². The summed E-state index contributed by atoms with van der Waals surface area (Å²) >= 11 is 0. The third kappa shape index (κ3) is 4.02. The third-order valence-corrected chi connectivity index (χ3v) is 4.42. The quantitative estimate of drug-likeness (QED) is 0.788. The fraction of sp³-hybridized carbons (Fsp3) is 0.385. The Bertz CT molecular complexity index is 696. The Labute approximate surface area is 124 Å². The van der Waals surface area contributed by atoms with Gasteiger partial charge in [0.1, 0.15) is 11.6 Å². The summed E-state index contributed by atoms with van der Waals surface area (Å²) in [6.07, 6.45) is 5.53. The maximum Gasteiger partial charge on any atom is 0.240 e. The van der Waals surface area contributed by atoms with Crippen LogP contribution in [0.3, 0.4) is 0 Å². The topological polar surface area (TPSA) is 88.9 Å². The number of nitrogens with one attached hydrogen (secondary N) is 2. The molecule has 0 radical (unpaired) electrons. The zero-order chi connectivity index (χ0) is 15.3. The Balaban J connectivity index is 2.01. The highest BCUT2D eigenvalue weighted by Gasteiger charge is 2.14. The summed E-state index contributed by atoms with van der Waals surface area (Å²) in [5.41, 5.74) is 0. The molecule has 0 unspecified atom stereocenters. The molecule has 0 saturated carbocycles. The molecule has 0 spiro atoms. The van der Waals surface area contributed by atoms with E-state index in [1.165, 1.54) is 18.3 Å². The lowest BCUT2D eigenvalue weighted by molar-refractivity contribution is 0.580. The second-order valence-corrected chi connectivity index (χ2v) is 6.28. The van der Waals surface area contributed by atoms with Gasteiger partial charge in [0.2, 0.25) is 10.0 Å². The van der Waals surface area contributed by atoms with Crippen molar-refractivity contribution in [2.75, 3.05) is 18.4 Å². The molecule has 2 aromatic rings. The number of nitrogens with zero attached hydrogens (tertiary/aromatic N) is 3. The summed E-state index contributed by atoms with van der Waals surface area (Å²) in [6.45, 7) is 2.91. The first kappa shape index (κ1) is 15.5. The minimum atomic E-state index is -3.53. The highest BCUT2D eigenvalue weighted by atomic mass is 32.2. The average Bonchev–Trinajstić information content (AvgIpc) is 2.85. The van der Waals surface area contributed by atoms with Crippen LogP contribution in [-0.4, -0.2) is 36.0 Å². The van der Waals surface area contributed by atoms with Crippen LogP contribution in [0.2, 0.25) is 0 Å². The largest absolute Gasteiger partial charge is 0.370 e. The number of pyridine rings is 1. The molecule has 0 saturated heterocycles. The minimum Gasteiger partial charge on any atom is -0.370 e. The van der Waals surface area contributed by atoms with Gasteiger partial charge in [-0.25, -0.2) is 23.1 Å². The van der Waals surface area contributed by atoms with Crippen molar-refractivity contribution >= 4 is 15.8 Å². The maximum atomic E-state index is 12.2. The van der Waals surface area contributed by atoms with Crippen LogP contribution in [0.25, 0.3) is 0 Å². The SMILES string of the molecule is CCNc1cc(S(=O)(=O)NCCc2nccn2C)ccn1. The van der Waals surface area contributed by atoms with Crippen LogP contribution in [0.5, 0.6) is 0 Å². The van der Waals surface area contributed by atoms with Crippen LogP contribution < -0.4 is 10.0 Å². The summed E-state index contributed by atoms with van der Waals surface area (Å²) in [7, 11) is -1.66. The van der Waals surface area contributed by atoms with Crippen LogP contribution >= 0.6 is 0 Å². The summed E-state index contributed by atoms with van der Waals surface area (Å²) < 4.78 is 28.9. The number of hydrogen-bond acceptors (Lipinski definition) is 5. The van der Waals surface area contributed by atoms with E-state index in [-0.39, 0.29) is 4.90 Å². The molecule has 2 N–H and O–H groups in total. The van der Waals surface area contributed by atoms with Gasteiger partial charge < -0.3 is 9.88 Å². The highest BCUT2D eigenvalue weighted by molar-refractivity contribution is 7.89. The Hall–Kier alpha value is -1.93. The smallest absolute Gasteiger partial charge is 0.240 e. The van der Waals surface area contributed by atoms with Crippen molar-refractivity contribution < 1.29 is 8.42 Å². The standard InChI is InChI=1S/C13H19N5O2S/c1-3-14-12-10-11(4-6-15-12)21(19,20)17-7-5-13-16-8-9-18(13)2/h4,6,8-10,17H,3,5,7H2,1-2H3,(H,14,15). The Kier molecular flexibility index (Phi) is 4.92. The van der Waals surface area contributed by atoms with Crippen molar-refractivity contribution in [1.82, 2.24) is 19.3 Å². The zero-order valence-corrected chi connectivity index (χ0v) is 12.9. The van der Waals surface area contributed by atoms with Gasteiger partial charge in [0.25, 0.3) is 0 Å². The molecule has 0 bridgehead atoms. The summed E-state index contributed by atoms with van der Waals surface area (Å²) in [5, 5.41) is 2.99. The third-order valence-electron chi connectivity index (χ3n) is 2.96. The van der Waals surface area contributed by atoms with Crippen LogP contribution in [-0.2, 0) is 23.5 Å². The van der Waals surface area contributed by atoms with Crippen LogP contribution in [0.4, 0.5) is 5.82 Å². The maximum absolute atomic E-state index is 12.2. The molecule has 0 fully saturated rings. The van der Waals surface area contributed by atoms with Crippen molar-refractivity contribution in [1.29, 1.82) is 0 Å². The van der Waals surface area contributed by atoms with Crippen LogP contribution in [0.15, 0.2) is 35.6 Å². The van der Waals surface area contributed by atoms with Gasteiger partial charge in [0.15, 0.2) is 0 Å². The number of hydrogen-bond donors (Lipinski definition) is 2. The van der Waals surface area contributed by atoms with Gasteiger partial charge in [-0.3, -0.25) is 0 Å². The predicted molar refractivity (Wildman–Crippen MR) is 80.5 cm³/mol. The summed E-state index contributed by atoms with van der Waals surface area (Å²) in [6, 6.07) is 3.00. The lowest BCUT2D eigenvalue weighted by atomic mass is 10.4. The molecule has 2 heterocycles. The fourth-order valence-electron chi connectivity index (χ4n) is 1.87. The molecule has 21 heavy (non-hydrogen) atoms. The first-order valence-corrected chi connectivity index (χ1v) is 8.17. The number of anilines is 1. The summed E-state index contributed by atoms with van der Waals surface area (Å²) in [4.78, 5) is 8.42. The first-order chi connectivity index (χ1) is 10.0. The van der Waals surface area contributed by atoms with Crippen molar-refractivity contribution in [3.63, 3.8) is 0 Å². The zero-order valence-electron chi connectivity index (χ0n) is 12.1. The van der Waals surface area contributed by atoms with E-state index in [2.05, 4.69) is 20.0 Å². The highest BCUT2D eigenvalue weighted by Crippen LogP contribution is 2.12. The van der Waals surface area contributed by atoms with Crippen molar-refractivity contribution in [2.24, 2.45) is 7.05 Å². The molecular formula is C13H19N5O2S. The molecule has 0 aliphatic carbocycles. The number of aromatic nitrogens is 3. The summed E-state index contributed by atoms with van der Waals surface area (Å²) in [5.74, 6) is 1.38. The van der Waals surface area contributed by atoms with Gasteiger partial charge >= 0.3 is 0 Å². The molecule has 8 heteroatoms. The molecule has 2 aromatic heterocycles. The molecule has 114 valence electrons. The number of sulfonamides is 1. The molecule has 0 atom stereocenters. The van der Waals surface area contributed by atoms with Gasteiger partial charge in [-0.15, -0.1) is 0 Å². The lowest BCUT2D eigenvalue weighted by Gasteiger charge is -2.08. The Morgan fingerprint density at radius 1 is 1.29 bits per heavy atom. The van der Waals surface area contributed by atoms with Gasteiger partial charge in [0.05, 0.1) is 4.90 Å². The Morgan fingerprint density at radius 3 is 2.76 bits per heavy atom. The number of imidazole rings is 1. The van der Waals surface area contributed by atoms with E-state index >= 15 is 0 Å². The van der Waals surface area contributed by atoms with Crippen LogP contribution in [0, 0.1) is 0 Å². The van der Waals surface area contributed by atoms with Crippen molar-refractivity contribution in [3.8, 4) is 0 Å². The molecular weight excluding hydrogens is 290 g/mol. The van der Waals surface area contributed by atoms with E-state index in [1.807, 2.05) is 24.7 Å². The van der Waals surface area contributed by atoms with E-state index < -0.39 is 10.0 Å². The minimum absolute atomic E-state index is 0.202. The average molecular weight is 309 g/mol. The van der Waals surface area contributed by atoms with Gasteiger partial charge in [0, 0.05) is 51.2 Å². The van der Waals surface area contributed by atoms with E-state index in [1.54, 1.807) is 6.20 Å². The van der Waals surface area contributed by atoms with Crippen molar-refractivity contribution in [3.05, 3.63) is 36.5 Å².